The zero-order valence-corrected chi connectivity index (χ0v) is 15.5. The summed E-state index contributed by atoms with van der Waals surface area (Å²) in [7, 11) is 0. The van der Waals surface area contributed by atoms with Gasteiger partial charge in [-0.25, -0.2) is 9.97 Å². The fourth-order valence-corrected chi connectivity index (χ4v) is 3.55. The molecule has 1 aromatic carbocycles. The van der Waals surface area contributed by atoms with E-state index in [1.54, 1.807) is 18.2 Å². The van der Waals surface area contributed by atoms with Crippen LogP contribution in [-0.2, 0) is 19.0 Å². The van der Waals surface area contributed by atoms with Crippen molar-refractivity contribution in [2.75, 3.05) is 5.43 Å². The molecule has 0 saturated heterocycles. The van der Waals surface area contributed by atoms with Crippen LogP contribution in [0.4, 0.5) is 19.0 Å². The fraction of sp³-hybridized carbons (Fsp3) is 0.143. The summed E-state index contributed by atoms with van der Waals surface area (Å²) in [4.78, 5) is 15.2. The van der Waals surface area contributed by atoms with Gasteiger partial charge in [0.05, 0.1) is 0 Å². The molecule has 0 bridgehead atoms. The maximum Gasteiger partial charge on any atom is 0.433 e. The molecule has 0 radical (unpaired) electrons. The van der Waals surface area contributed by atoms with Crippen molar-refractivity contribution in [1.29, 1.82) is 0 Å². The zero-order chi connectivity index (χ0) is 20.7. The lowest BCUT2D eigenvalue weighted by molar-refractivity contribution is -0.141. The van der Waals surface area contributed by atoms with Crippen LogP contribution < -0.4 is 5.43 Å². The Morgan fingerprint density at radius 2 is 1.83 bits per heavy atom. The van der Waals surface area contributed by atoms with Crippen LogP contribution in [0.1, 0.15) is 17.0 Å². The molecular formula is C21H15F3N6. The van der Waals surface area contributed by atoms with E-state index in [2.05, 4.69) is 30.5 Å². The standard InChI is InChI=1S/C21H15F3N6/c22-21(23,24)18-11-19(28-20(27-18)16-7-3-4-8-25-16)30-29-12-9-14-13-5-1-2-6-15(13)26-17(14)10-12/h1-8,11,26H,9-10H2,(H,27,28,30)/b29-12+. The van der Waals surface area contributed by atoms with E-state index in [9.17, 15) is 13.2 Å². The summed E-state index contributed by atoms with van der Waals surface area (Å²) in [6, 6.07) is 13.7. The molecule has 6 nitrogen and oxygen atoms in total. The minimum absolute atomic E-state index is 0.0362. The second-order valence-corrected chi connectivity index (χ2v) is 6.95. The third-order valence-electron chi connectivity index (χ3n) is 4.90. The van der Waals surface area contributed by atoms with Crippen molar-refractivity contribution in [3.05, 3.63) is 71.7 Å². The molecule has 0 amide bonds. The second kappa shape index (κ2) is 6.94. The van der Waals surface area contributed by atoms with Gasteiger partial charge in [0.2, 0.25) is 0 Å². The SMILES string of the molecule is FC(F)(F)c1cc(N/N=C2/Cc3[nH]c4ccccc4c3C2)nc(-c2ccccn2)n1. The number of pyridine rings is 1. The molecule has 150 valence electrons. The van der Waals surface area contributed by atoms with Crippen molar-refractivity contribution in [2.24, 2.45) is 5.10 Å². The highest BCUT2D eigenvalue weighted by Gasteiger charge is 2.34. The lowest BCUT2D eigenvalue weighted by atomic mass is 10.1. The number of H-pyrrole nitrogens is 1. The van der Waals surface area contributed by atoms with E-state index in [1.165, 1.54) is 11.8 Å². The van der Waals surface area contributed by atoms with Gasteiger partial charge in [0.25, 0.3) is 0 Å². The Morgan fingerprint density at radius 1 is 1.00 bits per heavy atom. The number of rotatable bonds is 3. The smallest absolute Gasteiger partial charge is 0.358 e. The molecule has 3 aromatic heterocycles. The van der Waals surface area contributed by atoms with Gasteiger partial charge in [-0.3, -0.25) is 10.4 Å². The normalized spacial score (nSPS) is 15.0. The van der Waals surface area contributed by atoms with Gasteiger partial charge in [0.1, 0.15) is 5.69 Å². The van der Waals surface area contributed by atoms with Crippen LogP contribution in [0.15, 0.2) is 59.8 Å². The average molecular weight is 408 g/mol. The first kappa shape index (κ1) is 18.3. The predicted octanol–water partition coefficient (Wildman–Crippen LogP) is 4.61. The monoisotopic (exact) mass is 408 g/mol. The van der Waals surface area contributed by atoms with E-state index < -0.39 is 11.9 Å². The molecule has 4 aromatic rings. The quantitative estimate of drug-likeness (QED) is 0.486. The van der Waals surface area contributed by atoms with Gasteiger partial charge >= 0.3 is 6.18 Å². The molecule has 0 spiro atoms. The Kier molecular flexibility index (Phi) is 4.23. The molecular weight excluding hydrogens is 393 g/mol. The van der Waals surface area contributed by atoms with Gasteiger partial charge in [0.15, 0.2) is 17.3 Å². The highest BCUT2D eigenvalue weighted by Crippen LogP contribution is 2.31. The van der Waals surface area contributed by atoms with Crippen molar-refractivity contribution in [2.45, 2.75) is 19.0 Å². The van der Waals surface area contributed by atoms with Crippen molar-refractivity contribution in [3.8, 4) is 11.5 Å². The Labute approximate surface area is 168 Å². The number of anilines is 1. The summed E-state index contributed by atoms with van der Waals surface area (Å²) < 4.78 is 39.9. The Hall–Kier alpha value is -3.75. The molecule has 2 N–H and O–H groups in total. The molecule has 0 fully saturated rings. The molecule has 0 atom stereocenters. The highest BCUT2D eigenvalue weighted by molar-refractivity contribution is 5.99. The number of hydrazone groups is 1. The van der Waals surface area contributed by atoms with Gasteiger partial charge in [-0.1, -0.05) is 24.3 Å². The van der Waals surface area contributed by atoms with E-state index >= 15 is 0 Å². The Balaban J connectivity index is 1.44. The minimum Gasteiger partial charge on any atom is -0.358 e. The van der Waals surface area contributed by atoms with E-state index in [4.69, 9.17) is 0 Å². The fourth-order valence-electron chi connectivity index (χ4n) is 3.55. The van der Waals surface area contributed by atoms with Crippen molar-refractivity contribution in [3.63, 3.8) is 0 Å². The number of aromatic nitrogens is 4. The van der Waals surface area contributed by atoms with E-state index in [-0.39, 0.29) is 17.3 Å². The molecule has 0 saturated carbocycles. The van der Waals surface area contributed by atoms with Crippen LogP contribution in [0.3, 0.4) is 0 Å². The summed E-state index contributed by atoms with van der Waals surface area (Å²) in [5.74, 6) is -0.151. The van der Waals surface area contributed by atoms with Crippen LogP contribution in [0.5, 0.6) is 0 Å². The number of para-hydroxylation sites is 1. The number of fused-ring (bicyclic) bond motifs is 3. The predicted molar refractivity (Wildman–Crippen MR) is 107 cm³/mol. The number of alkyl halides is 3. The van der Waals surface area contributed by atoms with E-state index in [0.717, 1.165) is 28.4 Å². The number of halogens is 3. The minimum atomic E-state index is -4.61. The third-order valence-corrected chi connectivity index (χ3v) is 4.90. The van der Waals surface area contributed by atoms with Crippen LogP contribution >= 0.6 is 0 Å². The summed E-state index contributed by atoms with van der Waals surface area (Å²) in [6.45, 7) is 0. The number of hydrogen-bond donors (Lipinski definition) is 2. The topological polar surface area (TPSA) is 78.9 Å². The third kappa shape index (κ3) is 3.38. The lowest BCUT2D eigenvalue weighted by Crippen LogP contribution is -2.12. The Morgan fingerprint density at radius 3 is 2.63 bits per heavy atom. The summed E-state index contributed by atoms with van der Waals surface area (Å²) >= 11 is 0. The van der Waals surface area contributed by atoms with Crippen LogP contribution in [0.25, 0.3) is 22.4 Å². The van der Waals surface area contributed by atoms with Crippen LogP contribution in [0, 0.1) is 0 Å². The number of nitrogens with one attached hydrogen (secondary N) is 2. The molecule has 0 unspecified atom stereocenters. The molecule has 0 aliphatic heterocycles. The van der Waals surface area contributed by atoms with Gasteiger partial charge in [0, 0.05) is 47.4 Å². The van der Waals surface area contributed by atoms with Crippen LogP contribution in [-0.4, -0.2) is 25.6 Å². The average Bonchev–Trinajstić information content (AvgIpc) is 3.29. The number of aromatic amines is 1. The maximum absolute atomic E-state index is 13.3. The molecule has 30 heavy (non-hydrogen) atoms. The van der Waals surface area contributed by atoms with Crippen molar-refractivity contribution >= 4 is 22.4 Å². The van der Waals surface area contributed by atoms with Crippen LogP contribution in [0.2, 0.25) is 0 Å². The molecule has 5 rings (SSSR count). The maximum atomic E-state index is 13.3. The number of nitrogens with zero attached hydrogens (tertiary/aromatic N) is 4. The summed E-state index contributed by atoms with van der Waals surface area (Å²) in [5, 5.41) is 5.45. The van der Waals surface area contributed by atoms with E-state index in [1.807, 2.05) is 24.3 Å². The van der Waals surface area contributed by atoms with Gasteiger partial charge in [-0.2, -0.15) is 18.3 Å². The zero-order valence-electron chi connectivity index (χ0n) is 15.5. The summed E-state index contributed by atoms with van der Waals surface area (Å²) in [5.41, 5.74) is 6.00. The molecule has 3 heterocycles. The van der Waals surface area contributed by atoms with Crippen molar-refractivity contribution in [1.82, 2.24) is 19.9 Å². The highest BCUT2D eigenvalue weighted by atomic mass is 19.4. The first-order chi connectivity index (χ1) is 14.5. The van der Waals surface area contributed by atoms with Gasteiger partial charge in [-0.05, 0) is 23.8 Å². The first-order valence-electron chi connectivity index (χ1n) is 9.25. The van der Waals surface area contributed by atoms with Crippen molar-refractivity contribution < 1.29 is 13.2 Å². The molecule has 9 heteroatoms. The Bertz CT molecular complexity index is 1260. The first-order valence-corrected chi connectivity index (χ1v) is 9.25. The molecule has 1 aliphatic carbocycles. The second-order valence-electron chi connectivity index (χ2n) is 6.95. The summed E-state index contributed by atoms with van der Waals surface area (Å²) in [6.07, 6.45) is -1.92. The van der Waals surface area contributed by atoms with E-state index in [0.29, 0.717) is 12.8 Å². The molecule has 1 aliphatic rings. The number of benzene rings is 1. The van der Waals surface area contributed by atoms with Gasteiger partial charge in [-0.15, -0.1) is 0 Å². The number of hydrogen-bond acceptors (Lipinski definition) is 5. The van der Waals surface area contributed by atoms with Gasteiger partial charge < -0.3 is 4.98 Å². The largest absolute Gasteiger partial charge is 0.433 e. The lowest BCUT2D eigenvalue weighted by Gasteiger charge is -2.10.